The lowest BCUT2D eigenvalue weighted by Crippen LogP contribution is -2.54. The number of methoxy groups -OCH3 is 1. The van der Waals surface area contributed by atoms with Gasteiger partial charge in [0.15, 0.2) is 0 Å². The van der Waals surface area contributed by atoms with Crippen LogP contribution in [0.15, 0.2) is 43.1 Å². The van der Waals surface area contributed by atoms with Crippen molar-refractivity contribution in [1.82, 2.24) is 9.88 Å². The maximum atomic E-state index is 12.5. The molecule has 4 atom stereocenters. The van der Waals surface area contributed by atoms with Crippen LogP contribution in [0.3, 0.4) is 0 Å². The van der Waals surface area contributed by atoms with Crippen LogP contribution in [0.5, 0.6) is 5.75 Å². The summed E-state index contributed by atoms with van der Waals surface area (Å²) in [6.45, 7) is 6.59. The fourth-order valence-corrected chi connectivity index (χ4v) is 4.48. The Labute approximate surface area is 160 Å². The molecule has 4 unspecified atom stereocenters. The highest BCUT2D eigenvalue weighted by atomic mass is 16.5. The Hall–Kier alpha value is -2.40. The second kappa shape index (κ2) is 7.69. The number of rotatable bonds is 6. The molecule has 2 aromatic rings. The largest absolute Gasteiger partial charge is 0.497 e. The second-order valence-corrected chi connectivity index (χ2v) is 7.55. The quantitative estimate of drug-likeness (QED) is 0.580. The summed E-state index contributed by atoms with van der Waals surface area (Å²) in [5.74, 6) is 1.85. The minimum absolute atomic E-state index is 0.187. The molecule has 1 aromatic heterocycles. The van der Waals surface area contributed by atoms with Crippen LogP contribution in [0.2, 0.25) is 0 Å². The van der Waals surface area contributed by atoms with Gasteiger partial charge in [0.2, 0.25) is 0 Å². The summed E-state index contributed by atoms with van der Waals surface area (Å²) in [6, 6.07) is 7.93. The lowest BCUT2D eigenvalue weighted by Gasteiger charge is -2.48. The fourth-order valence-electron chi connectivity index (χ4n) is 4.48. The third kappa shape index (κ3) is 3.69. The number of benzene rings is 1. The van der Waals surface area contributed by atoms with Crippen molar-refractivity contribution in [2.45, 2.75) is 25.3 Å². The van der Waals surface area contributed by atoms with Gasteiger partial charge in [-0.25, -0.2) is 0 Å². The molecule has 3 fully saturated rings. The van der Waals surface area contributed by atoms with Gasteiger partial charge in [0, 0.05) is 24.2 Å². The highest BCUT2D eigenvalue weighted by molar-refractivity contribution is 5.87. The number of hydrogen-bond acceptors (Lipinski definition) is 5. The first-order valence-corrected chi connectivity index (χ1v) is 9.62. The van der Waals surface area contributed by atoms with Crippen molar-refractivity contribution in [1.29, 1.82) is 0 Å². The van der Waals surface area contributed by atoms with Crippen LogP contribution in [0.1, 0.15) is 18.4 Å². The summed E-state index contributed by atoms with van der Waals surface area (Å²) in [5, 5.41) is 0.933. The molecule has 3 aliphatic heterocycles. The summed E-state index contributed by atoms with van der Waals surface area (Å²) in [6.07, 6.45) is 6.39. The minimum atomic E-state index is -0.187. The summed E-state index contributed by atoms with van der Waals surface area (Å²) >= 11 is 0. The van der Waals surface area contributed by atoms with E-state index in [2.05, 4.69) is 22.5 Å². The predicted molar refractivity (Wildman–Crippen MR) is 105 cm³/mol. The topological polar surface area (TPSA) is 51.7 Å². The normalized spacial score (nSPS) is 26.7. The van der Waals surface area contributed by atoms with E-state index < -0.39 is 0 Å². The van der Waals surface area contributed by atoms with Crippen molar-refractivity contribution in [2.24, 2.45) is 11.8 Å². The molecule has 1 aromatic carbocycles. The lowest BCUT2D eigenvalue weighted by molar-refractivity contribution is -0.146. The molecule has 142 valence electrons. The Morgan fingerprint density at radius 1 is 1.41 bits per heavy atom. The van der Waals surface area contributed by atoms with Gasteiger partial charge in [0.25, 0.3) is 0 Å². The Bertz CT molecular complexity index is 851. The highest BCUT2D eigenvalue weighted by Crippen LogP contribution is 2.36. The number of hydrogen-bond donors (Lipinski definition) is 0. The molecule has 5 nitrogen and oxygen atoms in total. The molecule has 3 saturated heterocycles. The lowest BCUT2D eigenvalue weighted by atomic mass is 9.76. The SMILES string of the molecule is C=CC1CN2CCC1CC2COC(=O)Cc1ccnc2ccc(OC)cc12. The summed E-state index contributed by atoms with van der Waals surface area (Å²) in [7, 11) is 1.63. The van der Waals surface area contributed by atoms with Crippen LogP contribution in [0.25, 0.3) is 10.9 Å². The first-order valence-electron chi connectivity index (χ1n) is 9.62. The van der Waals surface area contributed by atoms with E-state index >= 15 is 0 Å². The number of carbonyl (C=O) groups excluding carboxylic acids is 1. The molecule has 0 spiro atoms. The van der Waals surface area contributed by atoms with E-state index in [4.69, 9.17) is 9.47 Å². The third-order valence-corrected chi connectivity index (χ3v) is 6.04. The first kappa shape index (κ1) is 18.0. The van der Waals surface area contributed by atoms with E-state index in [0.29, 0.717) is 24.5 Å². The molecule has 3 aliphatic rings. The zero-order valence-corrected chi connectivity index (χ0v) is 15.8. The van der Waals surface area contributed by atoms with Crippen LogP contribution >= 0.6 is 0 Å². The first-order chi connectivity index (χ1) is 13.2. The molecular weight excluding hydrogens is 340 g/mol. The van der Waals surface area contributed by atoms with Crippen molar-refractivity contribution in [3.63, 3.8) is 0 Å². The molecule has 0 radical (unpaired) electrons. The number of pyridine rings is 1. The molecule has 5 heteroatoms. The molecule has 0 aliphatic carbocycles. The predicted octanol–water partition coefficient (Wildman–Crippen LogP) is 3.23. The Balaban J connectivity index is 1.39. The molecule has 0 N–H and O–H groups in total. The van der Waals surface area contributed by atoms with Gasteiger partial charge in [0.05, 0.1) is 19.0 Å². The van der Waals surface area contributed by atoms with Gasteiger partial charge in [-0.2, -0.15) is 0 Å². The smallest absolute Gasteiger partial charge is 0.310 e. The molecule has 0 saturated carbocycles. The Morgan fingerprint density at radius 3 is 3.04 bits per heavy atom. The van der Waals surface area contributed by atoms with Crippen molar-refractivity contribution in [2.75, 3.05) is 26.8 Å². The molecular formula is C22H26N2O3. The molecule has 2 bridgehead atoms. The van der Waals surface area contributed by atoms with Crippen LogP contribution < -0.4 is 4.74 Å². The number of nitrogens with zero attached hydrogens (tertiary/aromatic N) is 2. The number of carbonyl (C=O) groups is 1. The fraction of sp³-hybridized carbons (Fsp3) is 0.455. The third-order valence-electron chi connectivity index (χ3n) is 6.04. The van der Waals surface area contributed by atoms with Crippen LogP contribution in [0, 0.1) is 11.8 Å². The van der Waals surface area contributed by atoms with Crippen molar-refractivity contribution < 1.29 is 14.3 Å². The Kier molecular flexibility index (Phi) is 5.12. The van der Waals surface area contributed by atoms with E-state index in [9.17, 15) is 4.79 Å². The summed E-state index contributed by atoms with van der Waals surface area (Å²) in [4.78, 5) is 19.3. The molecule has 4 heterocycles. The van der Waals surface area contributed by atoms with Gasteiger partial charge in [0.1, 0.15) is 12.4 Å². The molecule has 27 heavy (non-hydrogen) atoms. The number of esters is 1. The van der Waals surface area contributed by atoms with Crippen molar-refractivity contribution in [3.05, 3.63) is 48.7 Å². The monoisotopic (exact) mass is 366 g/mol. The van der Waals surface area contributed by atoms with Gasteiger partial charge >= 0.3 is 5.97 Å². The molecule has 0 amide bonds. The van der Waals surface area contributed by atoms with Crippen LogP contribution in [-0.4, -0.2) is 48.7 Å². The van der Waals surface area contributed by atoms with Crippen molar-refractivity contribution in [3.8, 4) is 5.75 Å². The van der Waals surface area contributed by atoms with Crippen LogP contribution in [0.4, 0.5) is 0 Å². The zero-order valence-electron chi connectivity index (χ0n) is 15.8. The van der Waals surface area contributed by atoms with Gasteiger partial charge in [-0.05, 0) is 61.1 Å². The van der Waals surface area contributed by atoms with Crippen molar-refractivity contribution >= 4 is 16.9 Å². The summed E-state index contributed by atoms with van der Waals surface area (Å²) < 4.78 is 11.0. The van der Waals surface area contributed by atoms with Gasteiger partial charge in [-0.3, -0.25) is 14.7 Å². The maximum absolute atomic E-state index is 12.5. The van der Waals surface area contributed by atoms with E-state index in [1.807, 2.05) is 24.3 Å². The molecule has 5 rings (SSSR count). The van der Waals surface area contributed by atoms with Gasteiger partial charge in [-0.1, -0.05) is 6.08 Å². The Morgan fingerprint density at radius 2 is 2.30 bits per heavy atom. The zero-order chi connectivity index (χ0) is 18.8. The van der Waals surface area contributed by atoms with Gasteiger partial charge < -0.3 is 9.47 Å². The minimum Gasteiger partial charge on any atom is -0.497 e. The standard InChI is InChI=1S/C22H26N2O3/c1-3-15-13-24-9-7-16(15)10-18(24)14-27-22(25)11-17-6-8-23-21-5-4-19(26-2)12-20(17)21/h3-6,8,12,15-16,18H,1,7,9-11,13-14H2,2H3. The number of piperidine rings is 3. The maximum Gasteiger partial charge on any atom is 0.310 e. The van der Waals surface area contributed by atoms with Gasteiger partial charge in [-0.15, -0.1) is 6.58 Å². The number of aromatic nitrogens is 1. The number of fused-ring (bicyclic) bond motifs is 4. The van der Waals surface area contributed by atoms with Crippen LogP contribution in [-0.2, 0) is 16.0 Å². The van der Waals surface area contributed by atoms with E-state index in [-0.39, 0.29) is 12.4 Å². The van der Waals surface area contributed by atoms with E-state index in [0.717, 1.165) is 41.7 Å². The summed E-state index contributed by atoms with van der Waals surface area (Å²) in [5.41, 5.74) is 1.77. The van der Waals surface area contributed by atoms with E-state index in [1.54, 1.807) is 13.3 Å². The average Bonchev–Trinajstić information content (AvgIpc) is 2.72. The van der Waals surface area contributed by atoms with E-state index in [1.165, 1.54) is 6.42 Å². The highest BCUT2D eigenvalue weighted by Gasteiger charge is 2.39. The second-order valence-electron chi connectivity index (χ2n) is 7.55. The number of ether oxygens (including phenoxy) is 2. The average molecular weight is 366 g/mol.